The topological polar surface area (TPSA) is 108 Å². The molecule has 0 aliphatic carbocycles. The van der Waals surface area contributed by atoms with Crippen LogP contribution in [0.15, 0.2) is 60.8 Å². The van der Waals surface area contributed by atoms with E-state index in [9.17, 15) is 9.59 Å². The van der Waals surface area contributed by atoms with Gasteiger partial charge in [-0.2, -0.15) is 4.98 Å². The molecule has 4 aromatic rings. The third-order valence-corrected chi connectivity index (χ3v) is 4.95. The van der Waals surface area contributed by atoms with Crippen LogP contribution >= 0.6 is 0 Å². The molecule has 1 atom stereocenters. The van der Waals surface area contributed by atoms with E-state index in [1.54, 1.807) is 41.3 Å². The number of para-hydroxylation sites is 2. The number of benzene rings is 1. The summed E-state index contributed by atoms with van der Waals surface area (Å²) in [5.74, 6) is 0.677. The summed E-state index contributed by atoms with van der Waals surface area (Å²) in [7, 11) is 0. The van der Waals surface area contributed by atoms with Gasteiger partial charge in [0.25, 0.3) is 5.89 Å². The summed E-state index contributed by atoms with van der Waals surface area (Å²) in [6, 6.07) is 10.5. The number of hydrogen-bond donors (Lipinski definition) is 0. The van der Waals surface area contributed by atoms with Crippen molar-refractivity contribution in [2.24, 2.45) is 0 Å². The van der Waals surface area contributed by atoms with Crippen molar-refractivity contribution in [1.29, 1.82) is 0 Å². The van der Waals surface area contributed by atoms with Gasteiger partial charge in [-0.05, 0) is 30.7 Å². The van der Waals surface area contributed by atoms with Gasteiger partial charge in [0.1, 0.15) is 6.54 Å². The van der Waals surface area contributed by atoms with Crippen LogP contribution in [0.4, 0.5) is 0 Å². The van der Waals surface area contributed by atoms with E-state index < -0.39 is 5.76 Å². The van der Waals surface area contributed by atoms with Crippen molar-refractivity contribution >= 4 is 17.0 Å². The quantitative estimate of drug-likeness (QED) is 0.534. The fraction of sp³-hybridized carbons (Fsp3) is 0.263. The minimum absolute atomic E-state index is 0.0192. The molecule has 0 unspecified atom stereocenters. The number of carbonyl (C=O) groups is 1. The van der Waals surface area contributed by atoms with Gasteiger partial charge < -0.3 is 18.3 Å². The van der Waals surface area contributed by atoms with Crippen LogP contribution in [0.1, 0.15) is 18.2 Å². The summed E-state index contributed by atoms with van der Waals surface area (Å²) < 4.78 is 17.1. The van der Waals surface area contributed by atoms with Crippen LogP contribution in [0.5, 0.6) is 0 Å². The van der Waals surface area contributed by atoms with Crippen molar-refractivity contribution in [2.45, 2.75) is 18.9 Å². The molecule has 1 aromatic carbocycles. The molecule has 1 aliphatic heterocycles. The molecular formula is C19H16N4O5. The summed E-state index contributed by atoms with van der Waals surface area (Å²) in [4.78, 5) is 30.9. The molecule has 28 heavy (non-hydrogen) atoms. The number of oxazole rings is 1. The van der Waals surface area contributed by atoms with Crippen molar-refractivity contribution < 1.29 is 18.2 Å². The minimum Gasteiger partial charge on any atom is -0.459 e. The number of carbonyl (C=O) groups excluding carboxylic acids is 1. The first-order chi connectivity index (χ1) is 13.7. The largest absolute Gasteiger partial charge is 0.459 e. The molecule has 1 fully saturated rings. The van der Waals surface area contributed by atoms with Gasteiger partial charge in [0.05, 0.1) is 11.8 Å². The lowest BCUT2D eigenvalue weighted by molar-refractivity contribution is -0.130. The molecule has 9 nitrogen and oxygen atoms in total. The molecule has 1 aliphatic rings. The average molecular weight is 380 g/mol. The molecular weight excluding hydrogens is 364 g/mol. The van der Waals surface area contributed by atoms with Crippen LogP contribution in [-0.2, 0) is 11.3 Å². The third kappa shape index (κ3) is 2.81. The lowest BCUT2D eigenvalue weighted by atomic mass is 10.1. The van der Waals surface area contributed by atoms with Crippen LogP contribution in [0.25, 0.3) is 22.8 Å². The Morgan fingerprint density at radius 1 is 1.21 bits per heavy atom. The first-order valence-corrected chi connectivity index (χ1v) is 8.92. The standard InChI is InChI=1S/C19H16N4O5/c24-16(11-23-13-4-1-2-5-14(13)27-19(23)25)22-8-7-12(10-22)17-20-18(28-21-17)15-6-3-9-26-15/h1-6,9,12H,7-8,10-11H2/t12-/m1/s1. The van der Waals surface area contributed by atoms with Gasteiger partial charge in [-0.3, -0.25) is 9.36 Å². The second kappa shape index (κ2) is 6.52. The molecule has 0 radical (unpaired) electrons. The first-order valence-electron chi connectivity index (χ1n) is 8.92. The van der Waals surface area contributed by atoms with Crippen LogP contribution in [-0.4, -0.2) is 38.6 Å². The maximum atomic E-state index is 12.7. The van der Waals surface area contributed by atoms with Crippen molar-refractivity contribution in [3.63, 3.8) is 0 Å². The molecule has 0 bridgehead atoms. The maximum absolute atomic E-state index is 12.7. The SMILES string of the molecule is O=C(Cn1c(=O)oc2ccccc21)N1CC[C@@H](c2noc(-c3ccco3)n2)C1. The Kier molecular flexibility index (Phi) is 3.85. The van der Waals surface area contributed by atoms with Gasteiger partial charge in [0, 0.05) is 19.0 Å². The van der Waals surface area contributed by atoms with Gasteiger partial charge in [0.2, 0.25) is 5.91 Å². The van der Waals surface area contributed by atoms with Gasteiger partial charge in [-0.1, -0.05) is 17.3 Å². The maximum Gasteiger partial charge on any atom is 0.420 e. The molecule has 1 saturated heterocycles. The van der Waals surface area contributed by atoms with E-state index in [4.69, 9.17) is 13.4 Å². The zero-order chi connectivity index (χ0) is 19.1. The molecule has 4 heterocycles. The smallest absolute Gasteiger partial charge is 0.420 e. The molecule has 3 aromatic heterocycles. The lowest BCUT2D eigenvalue weighted by Gasteiger charge is -2.15. The second-order valence-electron chi connectivity index (χ2n) is 6.68. The minimum atomic E-state index is -0.536. The van der Waals surface area contributed by atoms with Crippen molar-refractivity contribution in [1.82, 2.24) is 19.6 Å². The summed E-state index contributed by atoms with van der Waals surface area (Å²) in [5, 5.41) is 4.02. The predicted molar refractivity (Wildman–Crippen MR) is 96.4 cm³/mol. The van der Waals surface area contributed by atoms with Crippen molar-refractivity contribution in [3.8, 4) is 11.7 Å². The Balaban J connectivity index is 1.30. The van der Waals surface area contributed by atoms with E-state index in [0.717, 1.165) is 6.42 Å². The van der Waals surface area contributed by atoms with Gasteiger partial charge in [-0.25, -0.2) is 4.79 Å². The highest BCUT2D eigenvalue weighted by Gasteiger charge is 2.31. The molecule has 0 N–H and O–H groups in total. The van der Waals surface area contributed by atoms with E-state index in [-0.39, 0.29) is 18.4 Å². The van der Waals surface area contributed by atoms with E-state index in [2.05, 4.69) is 10.1 Å². The van der Waals surface area contributed by atoms with E-state index >= 15 is 0 Å². The predicted octanol–water partition coefficient (Wildman–Crippen LogP) is 2.25. The van der Waals surface area contributed by atoms with Gasteiger partial charge in [0.15, 0.2) is 17.2 Å². The molecule has 0 spiro atoms. The Hall–Kier alpha value is -3.62. The number of rotatable bonds is 4. The second-order valence-corrected chi connectivity index (χ2v) is 6.68. The lowest BCUT2D eigenvalue weighted by Crippen LogP contribution is -2.34. The molecule has 1 amide bonds. The van der Waals surface area contributed by atoms with Crippen LogP contribution < -0.4 is 5.76 Å². The van der Waals surface area contributed by atoms with Crippen LogP contribution in [0.2, 0.25) is 0 Å². The molecule has 142 valence electrons. The average Bonchev–Trinajstić information content (AvgIpc) is 3.48. The first kappa shape index (κ1) is 16.5. The number of hydrogen-bond acceptors (Lipinski definition) is 7. The summed E-state index contributed by atoms with van der Waals surface area (Å²) in [6.45, 7) is 0.978. The molecule has 0 saturated carbocycles. The van der Waals surface area contributed by atoms with Crippen molar-refractivity contribution in [3.05, 3.63) is 59.0 Å². The number of likely N-dealkylation sites (tertiary alicyclic amines) is 1. The highest BCUT2D eigenvalue weighted by Crippen LogP contribution is 2.27. The number of amides is 1. The number of furan rings is 1. The highest BCUT2D eigenvalue weighted by molar-refractivity contribution is 5.79. The van der Waals surface area contributed by atoms with E-state index in [0.29, 0.717) is 41.7 Å². The van der Waals surface area contributed by atoms with Crippen LogP contribution in [0, 0.1) is 0 Å². The number of aromatic nitrogens is 3. The van der Waals surface area contributed by atoms with Gasteiger partial charge >= 0.3 is 5.76 Å². The molecule has 9 heteroatoms. The number of fused-ring (bicyclic) bond motifs is 1. The molecule has 5 rings (SSSR count). The normalized spacial score (nSPS) is 16.9. The highest BCUT2D eigenvalue weighted by atomic mass is 16.5. The number of nitrogens with zero attached hydrogens (tertiary/aromatic N) is 4. The fourth-order valence-corrected chi connectivity index (χ4v) is 3.50. The Bertz CT molecular complexity index is 1190. The summed E-state index contributed by atoms with van der Waals surface area (Å²) in [5.41, 5.74) is 1.08. The van der Waals surface area contributed by atoms with Crippen molar-refractivity contribution in [2.75, 3.05) is 13.1 Å². The van der Waals surface area contributed by atoms with E-state index in [1.165, 1.54) is 10.8 Å². The Morgan fingerprint density at radius 2 is 2.11 bits per heavy atom. The Morgan fingerprint density at radius 3 is 2.96 bits per heavy atom. The third-order valence-electron chi connectivity index (χ3n) is 4.95. The van der Waals surface area contributed by atoms with E-state index in [1.807, 2.05) is 0 Å². The zero-order valence-corrected chi connectivity index (χ0v) is 14.8. The van der Waals surface area contributed by atoms with Gasteiger partial charge in [-0.15, -0.1) is 0 Å². The zero-order valence-electron chi connectivity index (χ0n) is 14.8. The monoisotopic (exact) mass is 380 g/mol. The summed E-state index contributed by atoms with van der Waals surface area (Å²) >= 11 is 0. The van der Waals surface area contributed by atoms with Crippen LogP contribution in [0.3, 0.4) is 0 Å². The summed E-state index contributed by atoms with van der Waals surface area (Å²) in [6.07, 6.45) is 2.26. The fourth-order valence-electron chi connectivity index (χ4n) is 3.50. The Labute approximate surface area is 158 Å².